The molecule has 0 saturated carbocycles. The lowest BCUT2D eigenvalue weighted by atomic mass is 10.1. The number of anilines is 1. The number of halogens is 1. The van der Waals surface area contributed by atoms with Crippen LogP contribution in [-0.2, 0) is 0 Å². The van der Waals surface area contributed by atoms with Gasteiger partial charge in [-0.05, 0) is 44.9 Å². The van der Waals surface area contributed by atoms with Crippen LogP contribution in [0.3, 0.4) is 0 Å². The summed E-state index contributed by atoms with van der Waals surface area (Å²) in [6, 6.07) is 6.82. The van der Waals surface area contributed by atoms with E-state index in [-0.39, 0.29) is 12.4 Å². The van der Waals surface area contributed by atoms with Gasteiger partial charge in [-0.1, -0.05) is 12.1 Å². The van der Waals surface area contributed by atoms with Crippen molar-refractivity contribution in [2.24, 2.45) is 4.99 Å². The smallest absolute Gasteiger partial charge is 0.122 e. The maximum absolute atomic E-state index is 4.69. The van der Waals surface area contributed by atoms with E-state index >= 15 is 0 Å². The Bertz CT molecular complexity index is 485. The Balaban J connectivity index is 0.00000200. The molecule has 0 saturated heterocycles. The third kappa shape index (κ3) is 3.09. The van der Waals surface area contributed by atoms with Gasteiger partial charge in [0.1, 0.15) is 5.84 Å². The van der Waals surface area contributed by atoms with Crippen LogP contribution in [0.15, 0.2) is 23.2 Å². The molecule has 1 atom stereocenters. The minimum atomic E-state index is 0. The average Bonchev–Trinajstić information content (AvgIpc) is 2.88. The molecule has 112 valence electrons. The predicted octanol–water partition coefficient (Wildman–Crippen LogP) is 3.28. The normalized spacial score (nSPS) is 15.7. The minimum absolute atomic E-state index is 0. The van der Waals surface area contributed by atoms with Gasteiger partial charge in [0.15, 0.2) is 0 Å². The Kier molecular flexibility index (Phi) is 5.88. The first kappa shape index (κ1) is 16.8. The molecule has 0 spiro atoms. The number of hydrogen-bond donors (Lipinski definition) is 0. The molecule has 0 N–H and O–H groups in total. The molecule has 0 aromatic heterocycles. The molecule has 0 radical (unpaired) electrons. The Morgan fingerprint density at radius 2 is 2.05 bits per heavy atom. The lowest BCUT2D eigenvalue weighted by molar-refractivity contribution is 0.468. The van der Waals surface area contributed by atoms with Crippen molar-refractivity contribution in [2.75, 3.05) is 31.6 Å². The third-order valence-corrected chi connectivity index (χ3v) is 4.26. The van der Waals surface area contributed by atoms with Crippen molar-refractivity contribution in [1.29, 1.82) is 0 Å². The van der Waals surface area contributed by atoms with Crippen LogP contribution in [0.1, 0.15) is 25.0 Å². The van der Waals surface area contributed by atoms with Gasteiger partial charge >= 0.3 is 0 Å². The molecule has 4 heteroatoms. The summed E-state index contributed by atoms with van der Waals surface area (Å²) >= 11 is 0. The monoisotopic (exact) mass is 295 g/mol. The van der Waals surface area contributed by atoms with Gasteiger partial charge in [0, 0.05) is 25.8 Å². The summed E-state index contributed by atoms with van der Waals surface area (Å²) in [6.45, 7) is 11.9. The number of rotatable bonds is 4. The van der Waals surface area contributed by atoms with Crippen molar-refractivity contribution in [3.05, 3.63) is 29.3 Å². The Labute approximate surface area is 129 Å². The molecule has 2 rings (SSSR count). The second kappa shape index (κ2) is 6.98. The molecular weight excluding hydrogens is 270 g/mol. The molecule has 0 amide bonds. The van der Waals surface area contributed by atoms with E-state index in [9.17, 15) is 0 Å². The van der Waals surface area contributed by atoms with E-state index in [0.29, 0.717) is 6.04 Å². The van der Waals surface area contributed by atoms with Crippen LogP contribution in [0.25, 0.3) is 0 Å². The van der Waals surface area contributed by atoms with Crippen LogP contribution < -0.4 is 4.90 Å². The number of likely N-dealkylation sites (N-methyl/N-ethyl adjacent to an activating group) is 2. The fourth-order valence-corrected chi connectivity index (χ4v) is 2.72. The van der Waals surface area contributed by atoms with Crippen LogP contribution >= 0.6 is 12.4 Å². The summed E-state index contributed by atoms with van der Waals surface area (Å²) in [7, 11) is 2.17. The zero-order valence-electron chi connectivity index (χ0n) is 13.2. The maximum Gasteiger partial charge on any atom is 0.122 e. The maximum atomic E-state index is 4.69. The summed E-state index contributed by atoms with van der Waals surface area (Å²) in [5.41, 5.74) is 4.01. The number of aryl methyl sites for hydroxylation is 1. The molecule has 0 fully saturated rings. The topological polar surface area (TPSA) is 18.8 Å². The zero-order chi connectivity index (χ0) is 14.0. The second-order valence-corrected chi connectivity index (χ2v) is 5.33. The van der Waals surface area contributed by atoms with Gasteiger partial charge in [-0.3, -0.25) is 4.99 Å². The van der Waals surface area contributed by atoms with Crippen LogP contribution in [0, 0.1) is 13.8 Å². The first-order chi connectivity index (χ1) is 9.06. The molecule has 0 bridgehead atoms. The van der Waals surface area contributed by atoms with Gasteiger partial charge in [-0.2, -0.15) is 0 Å². The second-order valence-electron chi connectivity index (χ2n) is 5.33. The van der Waals surface area contributed by atoms with E-state index in [0.717, 1.165) is 19.6 Å². The van der Waals surface area contributed by atoms with Crippen molar-refractivity contribution in [1.82, 2.24) is 4.90 Å². The highest BCUT2D eigenvalue weighted by Gasteiger charge is 2.24. The Hall–Kier alpha value is -1.22. The highest BCUT2D eigenvalue weighted by molar-refractivity contribution is 5.91. The summed E-state index contributed by atoms with van der Waals surface area (Å²) in [5.74, 6) is 1.23. The van der Waals surface area contributed by atoms with E-state index in [1.54, 1.807) is 0 Å². The summed E-state index contributed by atoms with van der Waals surface area (Å²) in [5, 5.41) is 0. The standard InChI is InChI=1S/C16H25N3.ClH/c1-6-19-11-10-17-16(19)14(4)18(5)15-9-7-8-12(2)13(15)3;/h7-9,14H,6,10-11H2,1-5H3;1H. The molecular formula is C16H26ClN3. The SMILES string of the molecule is CCN1CCN=C1C(C)N(C)c1cccc(C)c1C.Cl. The number of hydrogen-bond acceptors (Lipinski definition) is 3. The summed E-state index contributed by atoms with van der Waals surface area (Å²) < 4.78 is 0. The quantitative estimate of drug-likeness (QED) is 0.849. The third-order valence-electron chi connectivity index (χ3n) is 4.26. The zero-order valence-corrected chi connectivity index (χ0v) is 14.0. The van der Waals surface area contributed by atoms with Crippen LogP contribution in [0.4, 0.5) is 5.69 Å². The van der Waals surface area contributed by atoms with Crippen LogP contribution in [0.5, 0.6) is 0 Å². The van der Waals surface area contributed by atoms with Crippen LogP contribution in [0.2, 0.25) is 0 Å². The molecule has 3 nitrogen and oxygen atoms in total. The largest absolute Gasteiger partial charge is 0.364 e. The first-order valence-electron chi connectivity index (χ1n) is 7.14. The van der Waals surface area contributed by atoms with Gasteiger partial charge in [-0.15, -0.1) is 12.4 Å². The number of amidine groups is 1. The lowest BCUT2D eigenvalue weighted by Crippen LogP contribution is -2.44. The molecule has 0 aliphatic carbocycles. The van der Waals surface area contributed by atoms with Crippen molar-refractivity contribution >= 4 is 23.9 Å². The number of aliphatic imine (C=N–C) groups is 1. The molecule has 1 aromatic rings. The predicted molar refractivity (Wildman–Crippen MR) is 90.6 cm³/mol. The Morgan fingerprint density at radius 1 is 1.35 bits per heavy atom. The van der Waals surface area contributed by atoms with Crippen molar-refractivity contribution in [3.8, 4) is 0 Å². The molecule has 1 heterocycles. The van der Waals surface area contributed by atoms with Gasteiger partial charge < -0.3 is 9.80 Å². The molecule has 1 aliphatic heterocycles. The molecule has 20 heavy (non-hydrogen) atoms. The van der Waals surface area contributed by atoms with Crippen molar-refractivity contribution in [2.45, 2.75) is 33.7 Å². The summed E-state index contributed by atoms with van der Waals surface area (Å²) in [6.07, 6.45) is 0. The van der Waals surface area contributed by atoms with Gasteiger partial charge in [0.05, 0.1) is 12.6 Å². The minimum Gasteiger partial charge on any atom is -0.364 e. The van der Waals surface area contributed by atoms with Gasteiger partial charge in [-0.25, -0.2) is 0 Å². The van der Waals surface area contributed by atoms with Crippen molar-refractivity contribution < 1.29 is 0 Å². The lowest BCUT2D eigenvalue weighted by Gasteiger charge is -2.32. The molecule has 1 unspecified atom stereocenters. The highest BCUT2D eigenvalue weighted by Crippen LogP contribution is 2.24. The number of benzene rings is 1. The van der Waals surface area contributed by atoms with E-state index in [1.807, 2.05) is 0 Å². The first-order valence-corrected chi connectivity index (χ1v) is 7.14. The van der Waals surface area contributed by atoms with Gasteiger partial charge in [0.2, 0.25) is 0 Å². The fraction of sp³-hybridized carbons (Fsp3) is 0.562. The highest BCUT2D eigenvalue weighted by atomic mass is 35.5. The van der Waals surface area contributed by atoms with E-state index in [1.165, 1.54) is 22.6 Å². The van der Waals surface area contributed by atoms with E-state index in [2.05, 4.69) is 67.7 Å². The van der Waals surface area contributed by atoms with E-state index in [4.69, 9.17) is 0 Å². The molecule has 1 aromatic carbocycles. The Morgan fingerprint density at radius 3 is 2.70 bits per heavy atom. The van der Waals surface area contributed by atoms with Crippen molar-refractivity contribution in [3.63, 3.8) is 0 Å². The summed E-state index contributed by atoms with van der Waals surface area (Å²) in [4.78, 5) is 9.41. The van der Waals surface area contributed by atoms with E-state index < -0.39 is 0 Å². The molecule has 1 aliphatic rings. The average molecular weight is 296 g/mol. The number of nitrogens with zero attached hydrogens (tertiary/aromatic N) is 3. The van der Waals surface area contributed by atoms with Gasteiger partial charge in [0.25, 0.3) is 0 Å². The fourth-order valence-electron chi connectivity index (χ4n) is 2.72. The van der Waals surface area contributed by atoms with Crippen LogP contribution in [-0.4, -0.2) is 43.5 Å².